The number of esters is 3. The van der Waals surface area contributed by atoms with E-state index < -0.39 is 11.9 Å². The standard InChI is InChI=1S/C8H14.C7H13N.C6H8O.C5H4O3.C5H8.C4H4O2.C4H6O.C4H4O.C3H6.C3H4.C2H6/c2*1-4-6-8(3)7-5-2;1-3-4-5-6(2)7;1-3-2-4(6)8-5(3)7;1-3-5-4-2;5-4-2-1-3-6-4;2*1-3-4(2)5;2*1-3-2;1-2/h4-5,8H,1-2,6-7H2,3H3;4-5H,1-2,6-7H2,3H3;3-5H,1H2,2H3;2H,1H3;3-5H,1H2,2H3;1-2H,3H2;3H,1H2,2H3;1H,2H3;3H,1H2,2H3;1H,2H3;1-2H3. The first-order valence-electron chi connectivity index (χ1n) is 18.7. The number of rotatable bonds is 12. The van der Waals surface area contributed by atoms with E-state index in [0.717, 1.165) is 31.8 Å². The van der Waals surface area contributed by atoms with Crippen LogP contribution in [0.15, 0.2) is 149 Å². The third kappa shape index (κ3) is 110. The summed E-state index contributed by atoms with van der Waals surface area (Å²) in [6.07, 6.45) is 36.6. The lowest BCUT2D eigenvalue weighted by Crippen LogP contribution is -2.17. The van der Waals surface area contributed by atoms with E-state index in [1.54, 1.807) is 37.3 Å². The second-order valence-corrected chi connectivity index (χ2v) is 10.7. The summed E-state index contributed by atoms with van der Waals surface area (Å²) < 4.78 is 8.51. The van der Waals surface area contributed by atoms with E-state index >= 15 is 0 Å². The molecule has 0 radical (unpaired) electrons. The van der Waals surface area contributed by atoms with Gasteiger partial charge in [0.1, 0.15) is 6.61 Å². The third-order valence-corrected chi connectivity index (χ3v) is 4.73. The molecule has 0 aliphatic carbocycles. The van der Waals surface area contributed by atoms with Crippen molar-refractivity contribution in [3.63, 3.8) is 0 Å². The van der Waals surface area contributed by atoms with E-state index in [0.29, 0.717) is 12.2 Å². The molecule has 0 aromatic rings. The van der Waals surface area contributed by atoms with Crippen LogP contribution in [0.3, 0.4) is 0 Å². The number of hydrogen-bond acceptors (Lipinski definition) is 9. The maximum absolute atomic E-state index is 10.3. The number of hydrogen-bond donors (Lipinski definition) is 0. The number of carbonyl (C=O) groups excluding carboxylic acids is 6. The zero-order valence-electron chi connectivity index (χ0n) is 38.8. The molecule has 60 heavy (non-hydrogen) atoms. The molecule has 2 aliphatic rings. The average Bonchev–Trinajstić information content (AvgIpc) is 3.80. The molecule has 0 unspecified atom stereocenters. The minimum Gasteiger partial charge on any atom is -0.458 e. The Morgan fingerprint density at radius 3 is 1.33 bits per heavy atom. The van der Waals surface area contributed by atoms with Crippen LogP contribution in [0.1, 0.15) is 82.1 Å². The van der Waals surface area contributed by atoms with Gasteiger partial charge in [-0.1, -0.05) is 101 Å². The lowest BCUT2D eigenvalue weighted by Gasteiger charge is -2.09. The van der Waals surface area contributed by atoms with Crippen molar-refractivity contribution in [2.45, 2.75) is 82.1 Å². The highest BCUT2D eigenvalue weighted by Crippen LogP contribution is 2.06. The Balaban J connectivity index is -0.0000000694. The Kier molecular flexibility index (Phi) is 87.4. The average molecular weight is 832 g/mol. The SMILES string of the molecule is C#CC.C#CC(C)=O.C=CC.C=CC(C)=O.C=CC=CC.C=CC=CC(C)=O.C=CCC(C)CC=C.C=CCN(C)CC=C.CC.CC1=CC(=O)OC1=O.O=C1C=CCO1. The first-order chi connectivity index (χ1) is 28.3. The quantitative estimate of drug-likeness (QED) is 0.0359. The van der Waals surface area contributed by atoms with Crippen LogP contribution in [0, 0.1) is 30.6 Å². The highest BCUT2D eigenvalue weighted by Gasteiger charge is 2.18. The molecule has 0 fully saturated rings. The van der Waals surface area contributed by atoms with Crippen LogP contribution in [-0.2, 0) is 38.2 Å². The van der Waals surface area contributed by atoms with E-state index in [2.05, 4.69) is 92.7 Å². The molecule has 0 bridgehead atoms. The molecule has 2 heterocycles. The second kappa shape index (κ2) is 70.4. The van der Waals surface area contributed by atoms with Crippen molar-refractivity contribution < 1.29 is 38.2 Å². The number of likely N-dealkylation sites (N-methyl/N-ethyl adjacent to an activating group) is 1. The number of nitrogens with zero attached hydrogens (tertiary/aromatic N) is 1. The topological polar surface area (TPSA) is 124 Å². The summed E-state index contributed by atoms with van der Waals surface area (Å²) in [7, 11) is 2.03. The van der Waals surface area contributed by atoms with E-state index in [1.165, 1.54) is 52.0 Å². The van der Waals surface area contributed by atoms with Gasteiger partial charge in [0.25, 0.3) is 0 Å². The van der Waals surface area contributed by atoms with Crippen molar-refractivity contribution in [3.8, 4) is 24.7 Å². The van der Waals surface area contributed by atoms with Crippen molar-refractivity contribution in [1.82, 2.24) is 4.90 Å². The highest BCUT2D eigenvalue weighted by atomic mass is 16.6. The first-order valence-corrected chi connectivity index (χ1v) is 18.7. The molecule has 0 saturated heterocycles. The Morgan fingerprint density at radius 2 is 1.22 bits per heavy atom. The predicted octanol–water partition coefficient (Wildman–Crippen LogP) is 11.1. The molecule has 2 aliphatic heterocycles. The van der Waals surface area contributed by atoms with E-state index in [1.807, 2.05) is 77.1 Å². The molecule has 0 spiro atoms. The van der Waals surface area contributed by atoms with Crippen LogP contribution in [0.4, 0.5) is 0 Å². The molecule has 334 valence electrons. The van der Waals surface area contributed by atoms with Gasteiger partial charge in [0, 0.05) is 37.7 Å². The zero-order valence-corrected chi connectivity index (χ0v) is 38.8. The lowest BCUT2D eigenvalue weighted by atomic mass is 10.0. The Labute approximate surface area is 366 Å². The fraction of sp³-hybridized carbons (Fsp3) is 0.333. The van der Waals surface area contributed by atoms with Crippen LogP contribution in [-0.4, -0.2) is 66.9 Å². The minimum absolute atomic E-state index is 0.0185. The van der Waals surface area contributed by atoms with Crippen molar-refractivity contribution in [1.29, 1.82) is 0 Å². The first kappa shape index (κ1) is 74.5. The van der Waals surface area contributed by atoms with Crippen LogP contribution in [0.25, 0.3) is 0 Å². The van der Waals surface area contributed by atoms with Gasteiger partial charge in [-0.3, -0.25) is 19.3 Å². The largest absolute Gasteiger partial charge is 0.458 e. The molecular formula is C51H77NO8. The molecule has 0 atom stereocenters. The van der Waals surface area contributed by atoms with Gasteiger partial charge in [0.2, 0.25) is 5.78 Å². The van der Waals surface area contributed by atoms with Gasteiger partial charge in [-0.25, -0.2) is 14.4 Å². The van der Waals surface area contributed by atoms with Crippen molar-refractivity contribution in [2.75, 3.05) is 26.7 Å². The van der Waals surface area contributed by atoms with Gasteiger partial charge >= 0.3 is 17.9 Å². The summed E-state index contributed by atoms with van der Waals surface area (Å²) in [6, 6.07) is 0. The van der Waals surface area contributed by atoms with Crippen LogP contribution in [0.5, 0.6) is 0 Å². The molecule has 9 nitrogen and oxygen atoms in total. The summed E-state index contributed by atoms with van der Waals surface area (Å²) in [4.78, 5) is 61.8. The van der Waals surface area contributed by atoms with Crippen LogP contribution >= 0.6 is 0 Å². The van der Waals surface area contributed by atoms with Crippen molar-refractivity contribution in [3.05, 3.63) is 149 Å². The fourth-order valence-electron chi connectivity index (χ4n) is 2.28. The van der Waals surface area contributed by atoms with Gasteiger partial charge < -0.3 is 9.47 Å². The summed E-state index contributed by atoms with van der Waals surface area (Å²) in [5.74, 6) is 3.40. The van der Waals surface area contributed by atoms with E-state index in [4.69, 9.17) is 0 Å². The Morgan fingerprint density at radius 1 is 0.817 bits per heavy atom. The van der Waals surface area contributed by atoms with Crippen molar-refractivity contribution in [2.24, 2.45) is 5.92 Å². The van der Waals surface area contributed by atoms with Gasteiger partial charge in [-0.15, -0.1) is 51.7 Å². The number of allylic oxidation sites excluding steroid dienone is 10. The van der Waals surface area contributed by atoms with Gasteiger partial charge in [0.15, 0.2) is 11.6 Å². The summed E-state index contributed by atoms with van der Waals surface area (Å²) >= 11 is 0. The molecule has 0 aromatic carbocycles. The van der Waals surface area contributed by atoms with Crippen molar-refractivity contribution >= 4 is 35.3 Å². The molecule has 0 N–H and O–H groups in total. The van der Waals surface area contributed by atoms with Gasteiger partial charge in [-0.2, -0.15) is 0 Å². The van der Waals surface area contributed by atoms with Gasteiger partial charge in [-0.05, 0) is 91.5 Å². The predicted molar refractivity (Wildman–Crippen MR) is 259 cm³/mol. The van der Waals surface area contributed by atoms with Gasteiger partial charge in [0.05, 0.1) is 0 Å². The minimum atomic E-state index is -0.562. The maximum atomic E-state index is 10.3. The third-order valence-electron chi connectivity index (χ3n) is 4.73. The summed E-state index contributed by atoms with van der Waals surface area (Å²) in [5.41, 5.74) is 0.370. The number of Topliss-reactive ketones (excluding diaryl/α,β-unsaturated/α-hetero) is 1. The molecule has 2 rings (SSSR count). The molecule has 0 amide bonds. The Bertz CT molecular complexity index is 1380. The molecule has 9 heteroatoms. The Hall–Kier alpha value is -6.42. The smallest absolute Gasteiger partial charge is 0.341 e. The number of ketones is 3. The normalized spacial score (nSPS) is 10.1. The summed E-state index contributed by atoms with van der Waals surface area (Å²) in [6.45, 7) is 47.8. The molecule has 0 aromatic heterocycles. The second-order valence-electron chi connectivity index (χ2n) is 10.7. The number of terminal acetylenes is 2. The highest BCUT2D eigenvalue weighted by molar-refractivity contribution is 6.08. The van der Waals surface area contributed by atoms with Crippen LogP contribution < -0.4 is 0 Å². The van der Waals surface area contributed by atoms with Crippen LogP contribution in [0.2, 0.25) is 0 Å². The van der Waals surface area contributed by atoms with E-state index in [-0.39, 0.29) is 23.3 Å². The fourth-order valence-corrected chi connectivity index (χ4v) is 2.28. The monoisotopic (exact) mass is 832 g/mol. The number of cyclic esters (lactones) is 3. The maximum Gasteiger partial charge on any atom is 0.341 e. The molecule has 0 saturated carbocycles. The summed E-state index contributed by atoms with van der Waals surface area (Å²) in [5, 5.41) is 0. The lowest BCUT2D eigenvalue weighted by molar-refractivity contribution is -0.150. The zero-order chi connectivity index (χ0) is 49.2. The molecular weight excluding hydrogens is 755 g/mol. The number of ether oxygens (including phenoxy) is 2. The van der Waals surface area contributed by atoms with E-state index in [9.17, 15) is 28.8 Å². The number of carbonyl (C=O) groups is 6.